The lowest BCUT2D eigenvalue weighted by atomic mass is 10.0. The topological polar surface area (TPSA) is 78.9 Å². The van der Waals surface area contributed by atoms with Crippen molar-refractivity contribution in [1.82, 2.24) is 0 Å². The van der Waals surface area contributed by atoms with Gasteiger partial charge in [-0.2, -0.15) is 0 Å². The van der Waals surface area contributed by atoms with Crippen molar-refractivity contribution in [3.63, 3.8) is 0 Å². The van der Waals surface area contributed by atoms with Crippen molar-refractivity contribution in [2.24, 2.45) is 0 Å². The van der Waals surface area contributed by atoms with Crippen molar-refractivity contribution in [2.75, 3.05) is 13.2 Å². The van der Waals surface area contributed by atoms with Crippen molar-refractivity contribution in [2.45, 2.75) is 316 Å². The predicted molar refractivity (Wildman–Crippen MR) is 293 cm³/mol. The first-order chi connectivity index (χ1) is 33.5. The minimum absolute atomic E-state index is 0.0695. The van der Waals surface area contributed by atoms with Crippen molar-refractivity contribution < 1.29 is 28.6 Å². The van der Waals surface area contributed by atoms with Gasteiger partial charge in [-0.25, -0.2) is 0 Å². The van der Waals surface area contributed by atoms with Crippen LogP contribution < -0.4 is 0 Å². The Kier molecular flexibility index (Phi) is 54.8. The second-order valence-corrected chi connectivity index (χ2v) is 19.9. The summed E-state index contributed by atoms with van der Waals surface area (Å²) in [4.78, 5) is 38.1. The molecule has 0 saturated carbocycles. The van der Waals surface area contributed by atoms with Crippen molar-refractivity contribution in [3.05, 3.63) is 48.6 Å². The standard InChI is InChI=1S/C62H112O6/c1-4-7-10-13-16-19-22-24-26-28-29-30-31-32-33-35-36-38-40-43-46-49-52-55-61(64)67-58-59(57-66-60(63)54-51-48-45-42-21-18-15-12-9-6-3)68-62(65)56-53-50-47-44-41-39-37-34-27-25-23-20-17-14-11-8-5-2/h7,10,16,19,24,26,29-30,59H,4-6,8-9,11-15,17-18,20-23,25,27-28,31-58H2,1-3H3/b10-7-,19-16-,26-24-,30-29-. The summed E-state index contributed by atoms with van der Waals surface area (Å²) in [5, 5.41) is 0. The molecule has 1 atom stereocenters. The van der Waals surface area contributed by atoms with Gasteiger partial charge in [0, 0.05) is 19.3 Å². The third-order valence-corrected chi connectivity index (χ3v) is 13.1. The van der Waals surface area contributed by atoms with Gasteiger partial charge in [-0.1, -0.05) is 281 Å². The van der Waals surface area contributed by atoms with Crippen LogP contribution in [0.3, 0.4) is 0 Å². The summed E-state index contributed by atoms with van der Waals surface area (Å²) in [6.07, 6.45) is 69.7. The highest BCUT2D eigenvalue weighted by atomic mass is 16.6. The van der Waals surface area contributed by atoms with E-state index in [1.807, 2.05) is 0 Å². The molecule has 0 radical (unpaired) electrons. The van der Waals surface area contributed by atoms with Crippen LogP contribution >= 0.6 is 0 Å². The quantitative estimate of drug-likeness (QED) is 0.0262. The number of carbonyl (C=O) groups excluding carboxylic acids is 3. The minimum atomic E-state index is -0.770. The maximum atomic E-state index is 12.8. The van der Waals surface area contributed by atoms with Crippen molar-refractivity contribution in [3.8, 4) is 0 Å². The first-order valence-electron chi connectivity index (χ1n) is 29.6. The normalized spacial score (nSPS) is 12.3. The Labute approximate surface area is 422 Å². The minimum Gasteiger partial charge on any atom is -0.462 e. The fourth-order valence-corrected chi connectivity index (χ4v) is 8.67. The molecule has 6 nitrogen and oxygen atoms in total. The Morgan fingerprint density at radius 3 is 0.897 bits per heavy atom. The van der Waals surface area contributed by atoms with E-state index in [-0.39, 0.29) is 31.1 Å². The average Bonchev–Trinajstić information content (AvgIpc) is 3.34. The van der Waals surface area contributed by atoms with E-state index >= 15 is 0 Å². The predicted octanol–water partition coefficient (Wildman–Crippen LogP) is 19.8. The largest absolute Gasteiger partial charge is 0.462 e. The number of hydrogen-bond acceptors (Lipinski definition) is 6. The van der Waals surface area contributed by atoms with E-state index in [1.54, 1.807) is 0 Å². The molecule has 0 amide bonds. The number of unbranched alkanes of at least 4 members (excludes halogenated alkanes) is 35. The van der Waals surface area contributed by atoms with E-state index in [9.17, 15) is 14.4 Å². The Morgan fingerprint density at radius 2 is 0.574 bits per heavy atom. The summed E-state index contributed by atoms with van der Waals surface area (Å²) in [7, 11) is 0. The van der Waals surface area contributed by atoms with Crippen LogP contribution in [-0.4, -0.2) is 37.2 Å². The van der Waals surface area contributed by atoms with E-state index in [1.165, 1.54) is 186 Å². The van der Waals surface area contributed by atoms with E-state index in [4.69, 9.17) is 14.2 Å². The number of esters is 3. The van der Waals surface area contributed by atoms with Gasteiger partial charge < -0.3 is 14.2 Å². The molecule has 0 saturated heterocycles. The molecule has 0 aromatic rings. The van der Waals surface area contributed by atoms with Gasteiger partial charge in [0.05, 0.1) is 0 Å². The summed E-state index contributed by atoms with van der Waals surface area (Å²) in [5.74, 6) is -0.858. The molecule has 0 fully saturated rings. The molecule has 0 aliphatic heterocycles. The smallest absolute Gasteiger partial charge is 0.306 e. The van der Waals surface area contributed by atoms with E-state index in [2.05, 4.69) is 69.4 Å². The van der Waals surface area contributed by atoms with Gasteiger partial charge in [-0.3, -0.25) is 14.4 Å². The van der Waals surface area contributed by atoms with Gasteiger partial charge in [0.25, 0.3) is 0 Å². The lowest BCUT2D eigenvalue weighted by Gasteiger charge is -2.18. The van der Waals surface area contributed by atoms with Crippen LogP contribution in [0, 0.1) is 0 Å². The fraction of sp³-hybridized carbons (Fsp3) is 0.823. The summed E-state index contributed by atoms with van der Waals surface area (Å²) in [6, 6.07) is 0. The Morgan fingerprint density at radius 1 is 0.309 bits per heavy atom. The molecule has 68 heavy (non-hydrogen) atoms. The first kappa shape index (κ1) is 65.4. The van der Waals surface area contributed by atoms with Crippen LogP contribution in [0.15, 0.2) is 48.6 Å². The molecule has 6 heteroatoms. The monoisotopic (exact) mass is 953 g/mol. The van der Waals surface area contributed by atoms with Crippen molar-refractivity contribution >= 4 is 17.9 Å². The lowest BCUT2D eigenvalue weighted by molar-refractivity contribution is -0.167. The van der Waals surface area contributed by atoms with Crippen LogP contribution in [0.2, 0.25) is 0 Å². The molecule has 0 rings (SSSR count). The highest BCUT2D eigenvalue weighted by Crippen LogP contribution is 2.17. The van der Waals surface area contributed by atoms with Crippen molar-refractivity contribution in [1.29, 1.82) is 0 Å². The third kappa shape index (κ3) is 54.3. The van der Waals surface area contributed by atoms with Crippen LogP contribution in [0.5, 0.6) is 0 Å². The maximum absolute atomic E-state index is 12.8. The third-order valence-electron chi connectivity index (χ3n) is 13.1. The van der Waals surface area contributed by atoms with Crippen LogP contribution in [-0.2, 0) is 28.6 Å². The zero-order valence-corrected chi connectivity index (χ0v) is 45.4. The molecular weight excluding hydrogens is 841 g/mol. The fourth-order valence-electron chi connectivity index (χ4n) is 8.67. The number of carbonyl (C=O) groups is 3. The van der Waals surface area contributed by atoms with E-state index < -0.39 is 6.10 Å². The van der Waals surface area contributed by atoms with Gasteiger partial charge in [0.2, 0.25) is 0 Å². The zero-order chi connectivity index (χ0) is 49.3. The summed E-state index contributed by atoms with van der Waals surface area (Å²) in [5.41, 5.74) is 0. The highest BCUT2D eigenvalue weighted by Gasteiger charge is 2.19. The van der Waals surface area contributed by atoms with Gasteiger partial charge >= 0.3 is 17.9 Å². The van der Waals surface area contributed by atoms with Gasteiger partial charge in [0.1, 0.15) is 13.2 Å². The van der Waals surface area contributed by atoms with E-state index in [0.717, 1.165) is 83.5 Å². The van der Waals surface area contributed by atoms with Crippen LogP contribution in [0.25, 0.3) is 0 Å². The first-order valence-corrected chi connectivity index (χ1v) is 29.6. The summed E-state index contributed by atoms with van der Waals surface area (Å²) in [6.45, 7) is 6.55. The molecule has 0 aliphatic rings. The maximum Gasteiger partial charge on any atom is 0.306 e. The van der Waals surface area contributed by atoms with Gasteiger partial charge in [-0.05, 0) is 57.8 Å². The van der Waals surface area contributed by atoms with Gasteiger partial charge in [-0.15, -0.1) is 0 Å². The zero-order valence-electron chi connectivity index (χ0n) is 45.4. The molecule has 0 N–H and O–H groups in total. The number of ether oxygens (including phenoxy) is 3. The average molecular weight is 954 g/mol. The molecule has 0 aromatic heterocycles. The van der Waals surface area contributed by atoms with Crippen LogP contribution in [0.1, 0.15) is 310 Å². The Hall–Kier alpha value is -2.63. The summed E-state index contributed by atoms with van der Waals surface area (Å²) >= 11 is 0. The Balaban J connectivity index is 4.24. The number of allylic oxidation sites excluding steroid dienone is 8. The highest BCUT2D eigenvalue weighted by molar-refractivity contribution is 5.71. The molecule has 0 spiro atoms. The molecule has 1 unspecified atom stereocenters. The number of hydrogen-bond donors (Lipinski definition) is 0. The molecule has 0 heterocycles. The SMILES string of the molecule is CC/C=C\C/C=C\C/C=C\C/C=C\CCCCCCCCCCCCC(=O)OCC(COC(=O)CCCCCCCCCCCC)OC(=O)CCCCCCCCCCCCCCCCCCC. The molecule has 0 aliphatic carbocycles. The van der Waals surface area contributed by atoms with Gasteiger partial charge in [0.15, 0.2) is 6.10 Å². The van der Waals surface area contributed by atoms with E-state index in [0.29, 0.717) is 19.3 Å². The molecule has 396 valence electrons. The molecule has 0 aromatic carbocycles. The second-order valence-electron chi connectivity index (χ2n) is 19.9. The molecular formula is C62H112O6. The second kappa shape index (κ2) is 57.0. The summed E-state index contributed by atoms with van der Waals surface area (Å²) < 4.78 is 16.9. The number of rotatable bonds is 54. The lowest BCUT2D eigenvalue weighted by Crippen LogP contribution is -2.30. The molecule has 0 bridgehead atoms. The Bertz CT molecular complexity index is 1190. The van der Waals surface area contributed by atoms with Crippen LogP contribution in [0.4, 0.5) is 0 Å².